The Labute approximate surface area is 211 Å². The van der Waals surface area contributed by atoms with Crippen molar-refractivity contribution in [1.82, 2.24) is 14.3 Å². The molecule has 2 atom stereocenters. The van der Waals surface area contributed by atoms with Gasteiger partial charge in [0.25, 0.3) is 11.5 Å². The van der Waals surface area contributed by atoms with Crippen molar-refractivity contribution in [2.45, 2.75) is 25.0 Å². The molecule has 5 rings (SSSR count). The number of thiocarbonyl (C=S) groups is 1. The Bertz CT molecular complexity index is 1350. The average Bonchev–Trinajstić information content (AvgIpc) is 3.49. The van der Waals surface area contributed by atoms with Gasteiger partial charge in [-0.3, -0.25) is 18.9 Å². The molecule has 180 valence electrons. The molecule has 2 aromatic heterocycles. The Morgan fingerprint density at radius 1 is 1.23 bits per heavy atom. The average molecular weight is 509 g/mol. The van der Waals surface area contributed by atoms with Gasteiger partial charge in [0.15, 0.2) is 0 Å². The van der Waals surface area contributed by atoms with E-state index in [4.69, 9.17) is 17.0 Å². The van der Waals surface area contributed by atoms with Crippen LogP contribution < -0.4 is 10.9 Å². The maximum Gasteiger partial charge on any atom is 0.267 e. The summed E-state index contributed by atoms with van der Waals surface area (Å²) in [6.45, 7) is 1.24. The van der Waals surface area contributed by atoms with Gasteiger partial charge in [0.1, 0.15) is 15.8 Å². The van der Waals surface area contributed by atoms with E-state index in [9.17, 15) is 14.7 Å². The summed E-state index contributed by atoms with van der Waals surface area (Å²) in [5.74, 6) is 0.0453. The van der Waals surface area contributed by atoms with Gasteiger partial charge in [0, 0.05) is 19.3 Å². The van der Waals surface area contributed by atoms with E-state index in [1.165, 1.54) is 4.40 Å². The fraction of sp³-hybridized carbons (Fsp3) is 0.280. The van der Waals surface area contributed by atoms with Crippen molar-refractivity contribution in [3.05, 3.63) is 81.1 Å². The molecule has 0 spiro atoms. The van der Waals surface area contributed by atoms with Gasteiger partial charge in [0.05, 0.1) is 29.2 Å². The number of nitrogens with zero attached hydrogens (tertiary/aromatic N) is 3. The Balaban J connectivity index is 1.47. The Morgan fingerprint density at radius 2 is 2.03 bits per heavy atom. The first-order chi connectivity index (χ1) is 17.0. The molecule has 0 radical (unpaired) electrons. The monoisotopic (exact) mass is 508 g/mol. The Hall–Kier alpha value is -3.05. The second-order valence-electron chi connectivity index (χ2n) is 8.34. The van der Waals surface area contributed by atoms with Crippen LogP contribution in [0.2, 0.25) is 0 Å². The molecular weight excluding hydrogens is 484 g/mol. The SMILES string of the molecule is O=C1C(=Cc2c(NCC(O)c3ccccc3)nc3ccccn3c2=O)SC(=S)N1CC1CCCO1. The lowest BCUT2D eigenvalue weighted by atomic mass is 10.1. The van der Waals surface area contributed by atoms with Gasteiger partial charge >= 0.3 is 0 Å². The lowest BCUT2D eigenvalue weighted by Gasteiger charge is -2.18. The van der Waals surface area contributed by atoms with E-state index in [2.05, 4.69) is 10.3 Å². The number of carbonyl (C=O) groups is 1. The van der Waals surface area contributed by atoms with Crippen molar-refractivity contribution >= 4 is 51.7 Å². The first-order valence-corrected chi connectivity index (χ1v) is 12.6. The van der Waals surface area contributed by atoms with Crippen molar-refractivity contribution in [2.75, 3.05) is 25.0 Å². The summed E-state index contributed by atoms with van der Waals surface area (Å²) in [7, 11) is 0. The molecule has 1 amide bonds. The highest BCUT2D eigenvalue weighted by Crippen LogP contribution is 2.34. The van der Waals surface area contributed by atoms with Crippen LogP contribution in [0.5, 0.6) is 0 Å². The number of hydrogen-bond donors (Lipinski definition) is 2. The number of fused-ring (bicyclic) bond motifs is 1. The molecule has 1 aromatic carbocycles. The lowest BCUT2D eigenvalue weighted by molar-refractivity contribution is -0.123. The zero-order valence-electron chi connectivity index (χ0n) is 18.8. The summed E-state index contributed by atoms with van der Waals surface area (Å²) in [6, 6.07) is 14.5. The zero-order valence-corrected chi connectivity index (χ0v) is 20.4. The van der Waals surface area contributed by atoms with Crippen LogP contribution in [0.3, 0.4) is 0 Å². The molecule has 2 N–H and O–H groups in total. The standard InChI is InChI=1S/C25H24N4O4S2/c30-19(16-7-2-1-3-8-16)14-26-22-18(23(31)28-11-5-4-10-21(28)27-22)13-20-24(32)29(25(34)35-20)15-17-9-6-12-33-17/h1-5,7-8,10-11,13,17,19,26,30H,6,9,12,14-15H2. The topological polar surface area (TPSA) is 96.2 Å². The van der Waals surface area contributed by atoms with E-state index in [0.717, 1.165) is 30.2 Å². The quantitative estimate of drug-likeness (QED) is 0.371. The zero-order chi connectivity index (χ0) is 24.4. The summed E-state index contributed by atoms with van der Waals surface area (Å²) in [4.78, 5) is 33.0. The molecule has 2 fully saturated rings. The minimum Gasteiger partial charge on any atom is -0.387 e. The second kappa shape index (κ2) is 10.3. The largest absolute Gasteiger partial charge is 0.387 e. The smallest absolute Gasteiger partial charge is 0.267 e. The third-order valence-corrected chi connectivity index (χ3v) is 7.35. The number of rotatable bonds is 7. The fourth-order valence-corrected chi connectivity index (χ4v) is 5.39. The number of carbonyl (C=O) groups excluding carboxylic acids is 1. The van der Waals surface area contributed by atoms with Gasteiger partial charge in [-0.05, 0) is 36.6 Å². The molecule has 35 heavy (non-hydrogen) atoms. The van der Waals surface area contributed by atoms with E-state index in [-0.39, 0.29) is 29.7 Å². The van der Waals surface area contributed by atoms with Gasteiger partial charge in [-0.25, -0.2) is 4.98 Å². The third-order valence-electron chi connectivity index (χ3n) is 5.98. The van der Waals surface area contributed by atoms with Crippen LogP contribution in [0.15, 0.2) is 64.4 Å². The number of pyridine rings is 1. The Kier molecular flexibility index (Phi) is 6.96. The van der Waals surface area contributed by atoms with Crippen molar-refractivity contribution in [3.63, 3.8) is 0 Å². The second-order valence-corrected chi connectivity index (χ2v) is 10.0. The molecule has 0 bridgehead atoms. The van der Waals surface area contributed by atoms with Gasteiger partial charge in [-0.15, -0.1) is 0 Å². The van der Waals surface area contributed by atoms with Crippen LogP contribution >= 0.6 is 24.0 Å². The number of aliphatic hydroxyl groups excluding tert-OH is 1. The normalized spacial score (nSPS) is 20.2. The maximum absolute atomic E-state index is 13.4. The molecule has 4 heterocycles. The van der Waals surface area contributed by atoms with E-state index in [1.54, 1.807) is 35.4 Å². The summed E-state index contributed by atoms with van der Waals surface area (Å²) in [5.41, 5.74) is 1.11. The highest BCUT2D eigenvalue weighted by atomic mass is 32.2. The highest BCUT2D eigenvalue weighted by molar-refractivity contribution is 8.26. The van der Waals surface area contributed by atoms with E-state index < -0.39 is 6.10 Å². The molecule has 0 aliphatic carbocycles. The summed E-state index contributed by atoms with van der Waals surface area (Å²) < 4.78 is 7.54. The Morgan fingerprint density at radius 3 is 2.80 bits per heavy atom. The van der Waals surface area contributed by atoms with Crippen molar-refractivity contribution < 1.29 is 14.6 Å². The predicted molar refractivity (Wildman–Crippen MR) is 140 cm³/mol. The van der Waals surface area contributed by atoms with Crippen molar-refractivity contribution in [3.8, 4) is 0 Å². The molecule has 2 aliphatic rings. The van der Waals surface area contributed by atoms with Crippen LogP contribution in [-0.2, 0) is 9.53 Å². The number of anilines is 1. The number of amides is 1. The first-order valence-electron chi connectivity index (χ1n) is 11.4. The maximum atomic E-state index is 13.4. The van der Waals surface area contributed by atoms with E-state index in [1.807, 2.05) is 30.3 Å². The summed E-state index contributed by atoms with van der Waals surface area (Å²) >= 11 is 6.62. The van der Waals surface area contributed by atoms with E-state index in [0.29, 0.717) is 33.8 Å². The lowest BCUT2D eigenvalue weighted by Crippen LogP contribution is -2.35. The number of hydrogen-bond acceptors (Lipinski definition) is 8. The van der Waals surface area contributed by atoms with Crippen LogP contribution in [0.4, 0.5) is 5.82 Å². The first kappa shape index (κ1) is 23.7. The van der Waals surface area contributed by atoms with Crippen LogP contribution in [0.25, 0.3) is 11.7 Å². The van der Waals surface area contributed by atoms with Gasteiger partial charge in [0.2, 0.25) is 0 Å². The minimum atomic E-state index is -0.801. The number of aliphatic hydroxyl groups is 1. The molecular formula is C25H24N4O4S2. The highest BCUT2D eigenvalue weighted by Gasteiger charge is 2.35. The number of aromatic nitrogens is 2. The number of benzene rings is 1. The molecule has 2 unspecified atom stereocenters. The molecule has 2 aliphatic heterocycles. The molecule has 8 nitrogen and oxygen atoms in total. The van der Waals surface area contributed by atoms with Crippen molar-refractivity contribution in [1.29, 1.82) is 0 Å². The number of thioether (sulfide) groups is 1. The van der Waals surface area contributed by atoms with Crippen LogP contribution in [0, 0.1) is 0 Å². The molecule has 0 saturated carbocycles. The number of ether oxygens (including phenoxy) is 1. The summed E-state index contributed by atoms with van der Waals surface area (Å²) in [6.07, 6.45) is 4.21. The number of nitrogens with one attached hydrogen (secondary N) is 1. The molecule has 3 aromatic rings. The van der Waals surface area contributed by atoms with E-state index >= 15 is 0 Å². The van der Waals surface area contributed by atoms with Crippen molar-refractivity contribution in [2.24, 2.45) is 0 Å². The summed E-state index contributed by atoms with van der Waals surface area (Å²) in [5, 5.41) is 13.7. The third kappa shape index (κ3) is 5.01. The minimum absolute atomic E-state index is 0.0264. The molecule has 10 heteroatoms. The molecule has 2 saturated heterocycles. The van der Waals surface area contributed by atoms with Crippen LogP contribution in [-0.4, -0.2) is 55.4 Å². The van der Waals surface area contributed by atoms with Crippen LogP contribution in [0.1, 0.15) is 30.1 Å². The predicted octanol–water partition coefficient (Wildman–Crippen LogP) is 3.22. The van der Waals surface area contributed by atoms with Gasteiger partial charge in [-0.1, -0.05) is 60.4 Å². The fourth-order valence-electron chi connectivity index (χ4n) is 4.13. The van der Waals surface area contributed by atoms with Gasteiger partial charge < -0.3 is 15.2 Å². The van der Waals surface area contributed by atoms with Gasteiger partial charge in [-0.2, -0.15) is 0 Å².